The average molecular weight is 312 g/mol. The molecule has 7 heteroatoms. The molecule has 0 spiro atoms. The first-order chi connectivity index (χ1) is 9.95. The second-order valence-electron chi connectivity index (χ2n) is 5.16. The van der Waals surface area contributed by atoms with Gasteiger partial charge in [-0.25, -0.2) is 4.79 Å². The Labute approximate surface area is 127 Å². The molecule has 1 aromatic rings. The zero-order valence-electron chi connectivity index (χ0n) is 12.2. The van der Waals surface area contributed by atoms with Gasteiger partial charge in [-0.2, -0.15) is 0 Å². The number of carboxylic acid groups (broad SMARTS) is 1. The minimum Gasteiger partial charge on any atom is -0.481 e. The van der Waals surface area contributed by atoms with Crippen molar-refractivity contribution in [1.82, 2.24) is 10.2 Å². The molecule has 0 aromatic carbocycles. The molecule has 1 saturated heterocycles. The van der Waals surface area contributed by atoms with Gasteiger partial charge in [0.25, 0.3) is 0 Å². The molecule has 6 nitrogen and oxygen atoms in total. The van der Waals surface area contributed by atoms with Gasteiger partial charge in [-0.15, -0.1) is 11.3 Å². The van der Waals surface area contributed by atoms with Crippen LogP contribution >= 0.6 is 11.3 Å². The molecule has 1 fully saturated rings. The van der Waals surface area contributed by atoms with E-state index >= 15 is 0 Å². The van der Waals surface area contributed by atoms with Crippen LogP contribution in [-0.4, -0.2) is 47.8 Å². The lowest BCUT2D eigenvalue weighted by atomic mass is 10.2. The van der Waals surface area contributed by atoms with Crippen molar-refractivity contribution in [1.29, 1.82) is 0 Å². The van der Waals surface area contributed by atoms with Crippen LogP contribution < -0.4 is 5.32 Å². The number of rotatable bonds is 4. The fourth-order valence-corrected chi connectivity index (χ4v) is 3.14. The molecule has 116 valence electrons. The van der Waals surface area contributed by atoms with Crippen LogP contribution in [0, 0.1) is 6.92 Å². The summed E-state index contributed by atoms with van der Waals surface area (Å²) in [5.41, 5.74) is 0. The highest BCUT2D eigenvalue weighted by atomic mass is 32.1. The molecule has 2 rings (SSSR count). The average Bonchev–Trinajstić information content (AvgIpc) is 2.85. The van der Waals surface area contributed by atoms with Crippen molar-refractivity contribution in [2.45, 2.75) is 32.4 Å². The lowest BCUT2D eigenvalue weighted by Gasteiger charge is -2.33. The van der Waals surface area contributed by atoms with Crippen LogP contribution in [0.4, 0.5) is 4.79 Å². The Kier molecular flexibility index (Phi) is 5.19. The number of morpholine rings is 1. The Balaban J connectivity index is 1.89. The van der Waals surface area contributed by atoms with E-state index in [1.54, 1.807) is 16.2 Å². The molecule has 2 heterocycles. The number of urea groups is 1. The molecule has 1 aliphatic heterocycles. The summed E-state index contributed by atoms with van der Waals surface area (Å²) < 4.78 is 5.36. The smallest absolute Gasteiger partial charge is 0.318 e. The summed E-state index contributed by atoms with van der Waals surface area (Å²) in [5, 5.41) is 11.7. The van der Waals surface area contributed by atoms with E-state index in [0.717, 1.165) is 4.88 Å². The minimum atomic E-state index is -0.912. The number of ether oxygens (including phenoxy) is 1. The van der Waals surface area contributed by atoms with Crippen LogP contribution in [0.25, 0.3) is 0 Å². The summed E-state index contributed by atoms with van der Waals surface area (Å²) in [4.78, 5) is 26.9. The maximum Gasteiger partial charge on any atom is 0.318 e. The highest BCUT2D eigenvalue weighted by Gasteiger charge is 2.26. The van der Waals surface area contributed by atoms with Gasteiger partial charge >= 0.3 is 12.0 Å². The second kappa shape index (κ2) is 6.91. The molecule has 0 saturated carbocycles. The first-order valence-electron chi connectivity index (χ1n) is 6.91. The fraction of sp³-hybridized carbons (Fsp3) is 0.571. The van der Waals surface area contributed by atoms with Crippen molar-refractivity contribution in [2.75, 3.05) is 19.7 Å². The zero-order chi connectivity index (χ0) is 15.4. The normalized spacial score (nSPS) is 20.1. The van der Waals surface area contributed by atoms with Gasteiger partial charge in [0, 0.05) is 22.8 Å². The molecule has 1 aliphatic rings. The predicted octanol–water partition coefficient (Wildman–Crippen LogP) is 2.00. The molecular weight excluding hydrogens is 292 g/mol. The molecule has 2 atom stereocenters. The van der Waals surface area contributed by atoms with Crippen LogP contribution in [0.3, 0.4) is 0 Å². The van der Waals surface area contributed by atoms with E-state index in [1.165, 1.54) is 4.88 Å². The quantitative estimate of drug-likeness (QED) is 0.891. The van der Waals surface area contributed by atoms with E-state index in [-0.39, 0.29) is 18.5 Å². The van der Waals surface area contributed by atoms with Gasteiger partial charge in [0.05, 0.1) is 25.2 Å². The number of thiophene rings is 1. The lowest BCUT2D eigenvalue weighted by molar-refractivity contribution is -0.141. The Morgan fingerprint density at radius 3 is 2.95 bits per heavy atom. The second-order valence-corrected chi connectivity index (χ2v) is 6.48. The monoisotopic (exact) mass is 312 g/mol. The molecular formula is C14H20N2O4S. The minimum absolute atomic E-state index is 0.0584. The van der Waals surface area contributed by atoms with Gasteiger partial charge < -0.3 is 20.1 Å². The molecule has 21 heavy (non-hydrogen) atoms. The maximum absolute atomic E-state index is 12.2. The van der Waals surface area contributed by atoms with E-state index in [2.05, 4.69) is 5.32 Å². The van der Waals surface area contributed by atoms with Crippen molar-refractivity contribution in [3.05, 3.63) is 21.9 Å². The number of aliphatic carboxylic acids is 1. The molecule has 2 unspecified atom stereocenters. The third-order valence-electron chi connectivity index (χ3n) is 3.36. The van der Waals surface area contributed by atoms with Crippen molar-refractivity contribution in [3.63, 3.8) is 0 Å². The van der Waals surface area contributed by atoms with Crippen LogP contribution in [0.1, 0.15) is 29.1 Å². The SMILES string of the molecule is Cc1ccc(C(C)NC(=O)N2CCOC(CC(=O)O)C2)s1. The number of hydrogen-bond donors (Lipinski definition) is 2. The molecule has 0 bridgehead atoms. The van der Waals surface area contributed by atoms with Crippen molar-refractivity contribution >= 4 is 23.3 Å². The summed E-state index contributed by atoms with van der Waals surface area (Å²) in [7, 11) is 0. The number of aryl methyl sites for hydroxylation is 1. The Bertz CT molecular complexity index is 517. The Morgan fingerprint density at radius 2 is 2.33 bits per heavy atom. The van der Waals surface area contributed by atoms with E-state index in [1.807, 2.05) is 26.0 Å². The predicted molar refractivity (Wildman–Crippen MR) is 79.6 cm³/mol. The number of amides is 2. The molecule has 0 aliphatic carbocycles. The van der Waals surface area contributed by atoms with Crippen LogP contribution in [0.2, 0.25) is 0 Å². The van der Waals surface area contributed by atoms with Gasteiger partial charge in [0.2, 0.25) is 0 Å². The van der Waals surface area contributed by atoms with Crippen LogP contribution in [-0.2, 0) is 9.53 Å². The summed E-state index contributed by atoms with van der Waals surface area (Å²) in [5.74, 6) is -0.912. The summed E-state index contributed by atoms with van der Waals surface area (Å²) in [6, 6.07) is 3.81. The van der Waals surface area contributed by atoms with Crippen molar-refractivity contribution < 1.29 is 19.4 Å². The zero-order valence-corrected chi connectivity index (χ0v) is 13.0. The number of carbonyl (C=O) groups is 2. The molecule has 1 aromatic heterocycles. The Hall–Kier alpha value is -1.60. The lowest BCUT2D eigenvalue weighted by Crippen LogP contribution is -2.50. The standard InChI is InChI=1S/C14H20N2O4S/c1-9-3-4-12(21-9)10(2)15-14(19)16-5-6-20-11(8-16)7-13(17)18/h3-4,10-11H,5-8H2,1-2H3,(H,15,19)(H,17,18). The first-order valence-corrected chi connectivity index (χ1v) is 7.72. The van der Waals surface area contributed by atoms with E-state index in [0.29, 0.717) is 19.7 Å². The number of carboxylic acids is 1. The van der Waals surface area contributed by atoms with Gasteiger partial charge in [-0.05, 0) is 26.0 Å². The number of carbonyl (C=O) groups excluding carboxylic acids is 1. The number of hydrogen-bond acceptors (Lipinski definition) is 4. The van der Waals surface area contributed by atoms with Crippen molar-refractivity contribution in [2.24, 2.45) is 0 Å². The highest BCUT2D eigenvalue weighted by Crippen LogP contribution is 2.22. The molecule has 2 N–H and O–H groups in total. The highest BCUT2D eigenvalue weighted by molar-refractivity contribution is 7.12. The first kappa shape index (κ1) is 15.8. The third kappa shape index (κ3) is 4.44. The fourth-order valence-electron chi connectivity index (χ4n) is 2.26. The van der Waals surface area contributed by atoms with Crippen molar-refractivity contribution in [3.8, 4) is 0 Å². The van der Waals surface area contributed by atoms with Gasteiger partial charge in [0.15, 0.2) is 0 Å². The molecule has 2 amide bonds. The van der Waals surface area contributed by atoms with Gasteiger partial charge in [-0.3, -0.25) is 4.79 Å². The summed E-state index contributed by atoms with van der Waals surface area (Å²) >= 11 is 1.66. The van der Waals surface area contributed by atoms with E-state index in [4.69, 9.17) is 9.84 Å². The topological polar surface area (TPSA) is 78.9 Å². The van der Waals surface area contributed by atoms with Crippen LogP contribution in [0.5, 0.6) is 0 Å². The van der Waals surface area contributed by atoms with E-state index < -0.39 is 12.1 Å². The molecule has 0 radical (unpaired) electrons. The maximum atomic E-state index is 12.2. The summed E-state index contributed by atoms with van der Waals surface area (Å²) in [6.07, 6.45) is -0.509. The third-order valence-corrected chi connectivity index (χ3v) is 4.54. The van der Waals surface area contributed by atoms with Gasteiger partial charge in [-0.1, -0.05) is 0 Å². The Morgan fingerprint density at radius 1 is 1.57 bits per heavy atom. The number of nitrogens with one attached hydrogen (secondary N) is 1. The number of nitrogens with zero attached hydrogens (tertiary/aromatic N) is 1. The van der Waals surface area contributed by atoms with Gasteiger partial charge in [0.1, 0.15) is 0 Å². The summed E-state index contributed by atoms with van der Waals surface area (Å²) in [6.45, 7) is 5.14. The van der Waals surface area contributed by atoms with Crippen LogP contribution in [0.15, 0.2) is 12.1 Å². The largest absolute Gasteiger partial charge is 0.481 e. The van der Waals surface area contributed by atoms with E-state index in [9.17, 15) is 9.59 Å².